The number of carbonyl (C=O) groups is 1. The minimum absolute atomic E-state index is 0.0413. The predicted octanol–water partition coefficient (Wildman–Crippen LogP) is 1.70. The Morgan fingerprint density at radius 3 is 2.57 bits per heavy atom. The fourth-order valence-electron chi connectivity index (χ4n) is 2.58. The van der Waals surface area contributed by atoms with Crippen molar-refractivity contribution in [3.63, 3.8) is 0 Å². The monoisotopic (exact) mass is 292 g/mol. The van der Waals surface area contributed by atoms with Crippen LogP contribution in [0.2, 0.25) is 0 Å². The van der Waals surface area contributed by atoms with E-state index in [0.717, 1.165) is 13.1 Å². The van der Waals surface area contributed by atoms with Crippen LogP contribution in [0, 0.1) is 0 Å². The Bertz CT molecular complexity index is 474. The van der Waals surface area contributed by atoms with Crippen LogP contribution in [0.1, 0.15) is 25.7 Å². The molecule has 1 amide bonds. The average molecular weight is 292 g/mol. The highest BCUT2D eigenvalue weighted by Crippen LogP contribution is 2.26. The molecule has 1 fully saturated rings. The highest BCUT2D eigenvalue weighted by molar-refractivity contribution is 5.77. The standard InChI is InChI=1S/C15H24N4O2/c1-11-12(19-8-6-4-5-7-9-19)10-17-14(16)13(11)21-15(20)18(2)3/h10,12H,1,4-9,16H2,2-3H3. The van der Waals surface area contributed by atoms with Gasteiger partial charge >= 0.3 is 6.09 Å². The molecule has 0 aromatic rings. The number of hydrogen-bond donors (Lipinski definition) is 1. The van der Waals surface area contributed by atoms with E-state index in [1.807, 2.05) is 0 Å². The van der Waals surface area contributed by atoms with E-state index in [9.17, 15) is 4.79 Å². The molecular formula is C15H24N4O2. The van der Waals surface area contributed by atoms with E-state index in [1.165, 1.54) is 30.6 Å². The van der Waals surface area contributed by atoms with Crippen molar-refractivity contribution in [1.82, 2.24) is 9.80 Å². The largest absolute Gasteiger partial charge is 0.414 e. The van der Waals surface area contributed by atoms with Crippen molar-refractivity contribution in [3.8, 4) is 0 Å². The SMILES string of the molecule is C=C1C(OC(=O)N(C)C)=C(N)N=CC1N1CCCCCC1. The highest BCUT2D eigenvalue weighted by Gasteiger charge is 2.29. The van der Waals surface area contributed by atoms with Crippen molar-refractivity contribution in [3.05, 3.63) is 23.7 Å². The van der Waals surface area contributed by atoms with Crippen LogP contribution >= 0.6 is 0 Å². The summed E-state index contributed by atoms with van der Waals surface area (Å²) in [6.45, 7) is 6.09. The molecule has 21 heavy (non-hydrogen) atoms. The van der Waals surface area contributed by atoms with Crippen molar-refractivity contribution in [2.75, 3.05) is 27.2 Å². The van der Waals surface area contributed by atoms with Crippen LogP contribution in [-0.2, 0) is 4.74 Å². The van der Waals surface area contributed by atoms with Crippen molar-refractivity contribution in [1.29, 1.82) is 0 Å². The lowest BCUT2D eigenvalue weighted by Gasteiger charge is -2.32. The zero-order valence-electron chi connectivity index (χ0n) is 12.8. The molecule has 0 aromatic heterocycles. The predicted molar refractivity (Wildman–Crippen MR) is 82.8 cm³/mol. The first kappa shape index (κ1) is 15.6. The number of nitrogens with zero attached hydrogens (tertiary/aromatic N) is 3. The number of aliphatic imine (C=N–C) groups is 1. The van der Waals surface area contributed by atoms with E-state index in [-0.39, 0.29) is 11.9 Å². The second-order valence-electron chi connectivity index (χ2n) is 5.68. The summed E-state index contributed by atoms with van der Waals surface area (Å²) < 4.78 is 5.33. The Morgan fingerprint density at radius 1 is 1.38 bits per heavy atom. The molecule has 2 N–H and O–H groups in total. The van der Waals surface area contributed by atoms with Gasteiger partial charge in [0.15, 0.2) is 11.6 Å². The van der Waals surface area contributed by atoms with Gasteiger partial charge in [-0.25, -0.2) is 9.79 Å². The summed E-state index contributed by atoms with van der Waals surface area (Å²) in [7, 11) is 3.25. The van der Waals surface area contributed by atoms with Crippen LogP contribution in [0.15, 0.2) is 28.7 Å². The van der Waals surface area contributed by atoms with Gasteiger partial charge in [0.1, 0.15) is 0 Å². The molecule has 0 aromatic carbocycles. The number of ether oxygens (including phenoxy) is 1. The first-order valence-electron chi connectivity index (χ1n) is 7.37. The van der Waals surface area contributed by atoms with Gasteiger partial charge in [-0.1, -0.05) is 19.4 Å². The van der Waals surface area contributed by atoms with E-state index in [4.69, 9.17) is 10.5 Å². The van der Waals surface area contributed by atoms with Crippen LogP contribution < -0.4 is 5.73 Å². The molecule has 2 aliphatic rings. The maximum absolute atomic E-state index is 11.7. The fourth-order valence-corrected chi connectivity index (χ4v) is 2.58. The van der Waals surface area contributed by atoms with Gasteiger partial charge in [-0.05, 0) is 25.9 Å². The smallest absolute Gasteiger partial charge is 0.406 e. The molecule has 1 atom stereocenters. The van der Waals surface area contributed by atoms with E-state index in [0.29, 0.717) is 11.3 Å². The molecule has 2 aliphatic heterocycles. The fraction of sp³-hybridized carbons (Fsp3) is 0.600. The van der Waals surface area contributed by atoms with Crippen LogP contribution in [0.3, 0.4) is 0 Å². The highest BCUT2D eigenvalue weighted by atomic mass is 16.6. The Kier molecular flexibility index (Phi) is 5.01. The molecule has 2 rings (SSSR count). The molecule has 0 spiro atoms. The lowest BCUT2D eigenvalue weighted by molar-refractivity contribution is 0.145. The molecule has 0 aliphatic carbocycles. The van der Waals surface area contributed by atoms with Crippen LogP contribution in [-0.4, -0.2) is 55.3 Å². The molecule has 0 bridgehead atoms. The van der Waals surface area contributed by atoms with Crippen molar-refractivity contribution >= 4 is 12.3 Å². The number of nitrogens with two attached hydrogens (primary N) is 1. The summed E-state index contributed by atoms with van der Waals surface area (Å²) in [5.74, 6) is 0.506. The van der Waals surface area contributed by atoms with Crippen LogP contribution in [0.5, 0.6) is 0 Å². The van der Waals surface area contributed by atoms with Gasteiger partial charge in [0.2, 0.25) is 0 Å². The Hall–Kier alpha value is -1.82. The zero-order chi connectivity index (χ0) is 15.4. The quantitative estimate of drug-likeness (QED) is 0.841. The molecule has 1 unspecified atom stereocenters. The Balaban J connectivity index is 2.13. The second kappa shape index (κ2) is 6.76. The third kappa shape index (κ3) is 3.64. The molecule has 0 radical (unpaired) electrons. The lowest BCUT2D eigenvalue weighted by Crippen LogP contribution is -2.41. The Morgan fingerprint density at radius 2 is 2.00 bits per heavy atom. The molecule has 6 nitrogen and oxygen atoms in total. The van der Waals surface area contributed by atoms with Gasteiger partial charge in [0, 0.05) is 25.9 Å². The van der Waals surface area contributed by atoms with E-state index in [1.54, 1.807) is 20.3 Å². The van der Waals surface area contributed by atoms with E-state index in [2.05, 4.69) is 16.5 Å². The first-order chi connectivity index (χ1) is 10.0. The third-order valence-corrected chi connectivity index (χ3v) is 3.82. The van der Waals surface area contributed by atoms with E-state index < -0.39 is 6.09 Å². The zero-order valence-corrected chi connectivity index (χ0v) is 12.8. The molecule has 2 heterocycles. The van der Waals surface area contributed by atoms with Crippen molar-refractivity contribution in [2.45, 2.75) is 31.7 Å². The molecule has 0 saturated carbocycles. The Labute approximate surface area is 125 Å². The topological polar surface area (TPSA) is 71.2 Å². The van der Waals surface area contributed by atoms with Gasteiger partial charge in [0.25, 0.3) is 0 Å². The van der Waals surface area contributed by atoms with Gasteiger partial charge < -0.3 is 15.4 Å². The second-order valence-corrected chi connectivity index (χ2v) is 5.68. The summed E-state index contributed by atoms with van der Waals surface area (Å²) in [5.41, 5.74) is 6.56. The summed E-state index contributed by atoms with van der Waals surface area (Å²) >= 11 is 0. The molecule has 6 heteroatoms. The number of likely N-dealkylation sites (tertiary alicyclic amines) is 1. The van der Waals surface area contributed by atoms with Gasteiger partial charge in [-0.15, -0.1) is 0 Å². The summed E-state index contributed by atoms with van der Waals surface area (Å²) in [4.78, 5) is 19.6. The number of rotatable bonds is 2. The first-order valence-corrected chi connectivity index (χ1v) is 7.37. The summed E-state index contributed by atoms with van der Waals surface area (Å²) in [6, 6.07) is -0.0413. The van der Waals surface area contributed by atoms with E-state index >= 15 is 0 Å². The van der Waals surface area contributed by atoms with Gasteiger partial charge in [0.05, 0.1) is 6.04 Å². The number of amides is 1. The normalized spacial score (nSPS) is 23.9. The molecular weight excluding hydrogens is 268 g/mol. The van der Waals surface area contributed by atoms with Crippen molar-refractivity contribution < 1.29 is 9.53 Å². The average Bonchev–Trinajstić information content (AvgIpc) is 2.72. The minimum Gasteiger partial charge on any atom is -0.406 e. The maximum atomic E-state index is 11.7. The van der Waals surface area contributed by atoms with Gasteiger partial charge in [-0.2, -0.15) is 0 Å². The summed E-state index contributed by atoms with van der Waals surface area (Å²) in [5, 5.41) is 0. The summed E-state index contributed by atoms with van der Waals surface area (Å²) in [6.07, 6.45) is 6.19. The van der Waals surface area contributed by atoms with Crippen LogP contribution in [0.25, 0.3) is 0 Å². The van der Waals surface area contributed by atoms with Gasteiger partial charge in [-0.3, -0.25) is 4.90 Å². The molecule has 116 valence electrons. The van der Waals surface area contributed by atoms with Crippen molar-refractivity contribution in [2.24, 2.45) is 10.7 Å². The lowest BCUT2D eigenvalue weighted by atomic mass is 10.0. The third-order valence-electron chi connectivity index (χ3n) is 3.82. The van der Waals surface area contributed by atoms with Crippen LogP contribution in [0.4, 0.5) is 4.79 Å². The molecule has 1 saturated heterocycles. The maximum Gasteiger partial charge on any atom is 0.414 e. The number of carbonyl (C=O) groups excluding carboxylic acids is 1. The number of hydrogen-bond acceptors (Lipinski definition) is 5. The minimum atomic E-state index is -0.471.